The van der Waals surface area contributed by atoms with Crippen molar-refractivity contribution in [1.82, 2.24) is 15.1 Å². The number of piperidine rings is 1. The topological polar surface area (TPSA) is 79.0 Å². The second kappa shape index (κ2) is 8.79. The maximum absolute atomic E-state index is 14.1. The average molecular weight is 469 g/mol. The molecule has 0 bridgehead atoms. The van der Waals surface area contributed by atoms with Crippen LogP contribution in [0.2, 0.25) is 0 Å². The Hall–Kier alpha value is -3.33. The molecule has 7 nitrogen and oxygen atoms in total. The average Bonchev–Trinajstić information content (AvgIpc) is 3.58. The van der Waals surface area contributed by atoms with Crippen molar-refractivity contribution in [3.8, 4) is 0 Å². The van der Waals surface area contributed by atoms with Crippen molar-refractivity contribution in [2.45, 2.75) is 43.5 Å². The zero-order chi connectivity index (χ0) is 23.9. The van der Waals surface area contributed by atoms with Gasteiger partial charge in [0.1, 0.15) is 23.4 Å². The first kappa shape index (κ1) is 22.5. The molecule has 178 valence electrons. The molecule has 2 saturated heterocycles. The molecule has 1 saturated carbocycles. The van der Waals surface area contributed by atoms with Crippen LogP contribution in [-0.4, -0.2) is 65.0 Å². The Kier molecular flexibility index (Phi) is 5.81. The van der Waals surface area contributed by atoms with E-state index in [2.05, 4.69) is 5.32 Å². The summed E-state index contributed by atoms with van der Waals surface area (Å²) in [7, 11) is 0. The van der Waals surface area contributed by atoms with Crippen LogP contribution in [0.3, 0.4) is 0 Å². The number of likely N-dealkylation sites (tertiary alicyclic amines) is 1. The molecule has 1 spiro atoms. The molecule has 2 aromatic rings. The van der Waals surface area contributed by atoms with Crippen LogP contribution in [0.1, 0.15) is 46.4 Å². The van der Waals surface area contributed by atoms with Gasteiger partial charge in [0.25, 0.3) is 11.8 Å². The highest BCUT2D eigenvalue weighted by Gasteiger charge is 2.54. The van der Waals surface area contributed by atoms with E-state index in [1.807, 2.05) is 6.07 Å². The lowest BCUT2D eigenvalue weighted by Crippen LogP contribution is -2.60. The lowest BCUT2D eigenvalue weighted by molar-refractivity contribution is -0.128. The van der Waals surface area contributed by atoms with Crippen LogP contribution in [0, 0.1) is 11.6 Å². The van der Waals surface area contributed by atoms with E-state index < -0.39 is 29.3 Å². The molecule has 9 heteroatoms. The second-order valence-corrected chi connectivity index (χ2v) is 9.01. The van der Waals surface area contributed by atoms with E-state index in [1.54, 1.807) is 24.3 Å². The normalized spacial score (nSPS) is 21.5. The number of amides is 3. The van der Waals surface area contributed by atoms with Crippen LogP contribution >= 0.6 is 0 Å². The molecule has 34 heavy (non-hydrogen) atoms. The van der Waals surface area contributed by atoms with E-state index in [1.165, 1.54) is 9.80 Å². The number of carbonyl (C=O) groups excluding carboxylic acids is 3. The number of rotatable bonds is 4. The molecular weight excluding hydrogens is 444 g/mol. The van der Waals surface area contributed by atoms with Gasteiger partial charge in [0.2, 0.25) is 5.91 Å². The highest BCUT2D eigenvalue weighted by molar-refractivity contribution is 5.98. The second-order valence-electron chi connectivity index (χ2n) is 9.01. The third-order valence-electron chi connectivity index (χ3n) is 6.72. The minimum absolute atomic E-state index is 0.0671. The maximum Gasteiger partial charge on any atom is 0.256 e. The highest BCUT2D eigenvalue weighted by atomic mass is 19.1. The van der Waals surface area contributed by atoms with Gasteiger partial charge in [-0.25, -0.2) is 8.78 Å². The molecule has 1 unspecified atom stereocenters. The van der Waals surface area contributed by atoms with Gasteiger partial charge in [-0.3, -0.25) is 19.3 Å². The van der Waals surface area contributed by atoms with Gasteiger partial charge >= 0.3 is 0 Å². The Morgan fingerprint density at radius 3 is 2.32 bits per heavy atom. The predicted molar refractivity (Wildman–Crippen MR) is 118 cm³/mol. The van der Waals surface area contributed by atoms with Crippen molar-refractivity contribution in [2.24, 2.45) is 0 Å². The number of nitrogens with one attached hydrogen (secondary N) is 1. The van der Waals surface area contributed by atoms with Crippen molar-refractivity contribution in [3.63, 3.8) is 0 Å². The largest absolute Gasteiger partial charge is 0.353 e. The fourth-order valence-corrected chi connectivity index (χ4v) is 4.70. The van der Waals surface area contributed by atoms with E-state index in [0.717, 1.165) is 25.0 Å². The third-order valence-corrected chi connectivity index (χ3v) is 6.72. The minimum Gasteiger partial charge on any atom is -0.353 e. The van der Waals surface area contributed by atoms with Crippen molar-refractivity contribution < 1.29 is 27.9 Å². The molecule has 1 aliphatic carbocycles. The van der Waals surface area contributed by atoms with E-state index >= 15 is 0 Å². The minimum atomic E-state index is -1.05. The van der Waals surface area contributed by atoms with E-state index in [9.17, 15) is 23.2 Å². The number of nitrogens with zero attached hydrogens (tertiary/aromatic N) is 2. The highest BCUT2D eigenvalue weighted by Crippen LogP contribution is 2.39. The fourth-order valence-electron chi connectivity index (χ4n) is 4.70. The smallest absolute Gasteiger partial charge is 0.256 e. The molecule has 3 aliphatic rings. The van der Waals surface area contributed by atoms with Crippen molar-refractivity contribution in [1.29, 1.82) is 0 Å². The van der Waals surface area contributed by atoms with E-state index in [-0.39, 0.29) is 56.0 Å². The predicted octanol–water partition coefficient (Wildman–Crippen LogP) is 2.72. The van der Waals surface area contributed by atoms with Crippen molar-refractivity contribution >= 4 is 17.7 Å². The number of hydrogen-bond donors (Lipinski definition) is 1. The summed E-state index contributed by atoms with van der Waals surface area (Å²) in [4.78, 5) is 42.4. The molecule has 3 amide bonds. The summed E-state index contributed by atoms with van der Waals surface area (Å²) in [6.45, 7) is 0.466. The molecule has 3 fully saturated rings. The first-order chi connectivity index (χ1) is 16.4. The number of halogens is 2. The first-order valence-corrected chi connectivity index (χ1v) is 11.5. The Morgan fingerprint density at radius 1 is 0.971 bits per heavy atom. The molecule has 2 aromatic carbocycles. The number of hydrogen-bond acceptors (Lipinski definition) is 4. The van der Waals surface area contributed by atoms with Crippen LogP contribution in [0.25, 0.3) is 0 Å². The Balaban J connectivity index is 1.37. The summed E-state index contributed by atoms with van der Waals surface area (Å²) in [5.74, 6) is -2.76. The number of benzene rings is 2. The van der Waals surface area contributed by atoms with Gasteiger partial charge in [0.05, 0.1) is 12.2 Å². The Bertz CT molecular complexity index is 1110. The molecule has 1 atom stereocenters. The standard InChI is InChI=1S/C25H25F2N3O4/c26-17-6-9-19(20(27)14-17)24(33)29-12-10-25(11-13-29)30(23(32)16-4-2-1-3-5-16)21(15-34-25)22(31)28-18-7-8-18/h1-6,9,14,18,21H,7-8,10-13,15H2,(H,28,31). The molecule has 2 aliphatic heterocycles. The fraction of sp³-hybridized carbons (Fsp3) is 0.400. The first-order valence-electron chi connectivity index (χ1n) is 11.5. The van der Waals surface area contributed by atoms with E-state index in [4.69, 9.17) is 4.74 Å². The zero-order valence-corrected chi connectivity index (χ0v) is 18.5. The molecular formula is C25H25F2N3O4. The third kappa shape index (κ3) is 4.16. The van der Waals surface area contributed by atoms with Crippen LogP contribution in [0.4, 0.5) is 8.78 Å². The van der Waals surface area contributed by atoms with Gasteiger partial charge in [-0.05, 0) is 37.1 Å². The maximum atomic E-state index is 14.1. The van der Waals surface area contributed by atoms with Crippen LogP contribution < -0.4 is 5.32 Å². The van der Waals surface area contributed by atoms with E-state index in [0.29, 0.717) is 11.6 Å². The Morgan fingerprint density at radius 2 is 1.68 bits per heavy atom. The lowest BCUT2D eigenvalue weighted by Gasteiger charge is -2.44. The Labute approximate surface area is 195 Å². The van der Waals surface area contributed by atoms with Crippen LogP contribution in [0.5, 0.6) is 0 Å². The lowest BCUT2D eigenvalue weighted by atomic mass is 9.96. The zero-order valence-electron chi connectivity index (χ0n) is 18.5. The summed E-state index contributed by atoms with van der Waals surface area (Å²) in [5, 5.41) is 2.96. The van der Waals surface area contributed by atoms with Gasteiger partial charge in [-0.15, -0.1) is 0 Å². The van der Waals surface area contributed by atoms with Gasteiger partial charge < -0.3 is 15.0 Å². The van der Waals surface area contributed by atoms with Crippen molar-refractivity contribution in [2.75, 3.05) is 19.7 Å². The number of ether oxygens (including phenoxy) is 1. The molecule has 5 rings (SSSR count). The monoisotopic (exact) mass is 469 g/mol. The molecule has 0 radical (unpaired) electrons. The van der Waals surface area contributed by atoms with Gasteiger partial charge in [0.15, 0.2) is 0 Å². The molecule has 2 heterocycles. The van der Waals surface area contributed by atoms with Gasteiger partial charge in [-0.1, -0.05) is 18.2 Å². The summed E-state index contributed by atoms with van der Waals surface area (Å²) in [6, 6.07) is 10.9. The quantitative estimate of drug-likeness (QED) is 0.747. The molecule has 1 N–H and O–H groups in total. The summed E-state index contributed by atoms with van der Waals surface area (Å²) in [6.07, 6.45) is 2.39. The SMILES string of the molecule is O=C(NC1CC1)C1COC2(CCN(C(=O)c3ccc(F)cc3F)CC2)N1C(=O)c1ccccc1. The van der Waals surface area contributed by atoms with Gasteiger partial charge in [-0.2, -0.15) is 0 Å². The summed E-state index contributed by atoms with van der Waals surface area (Å²) >= 11 is 0. The number of carbonyl (C=O) groups is 3. The summed E-state index contributed by atoms with van der Waals surface area (Å²) in [5.41, 5.74) is -0.802. The van der Waals surface area contributed by atoms with Crippen LogP contribution in [-0.2, 0) is 9.53 Å². The van der Waals surface area contributed by atoms with Gasteiger partial charge in [0, 0.05) is 43.6 Å². The summed E-state index contributed by atoms with van der Waals surface area (Å²) < 4.78 is 33.5. The van der Waals surface area contributed by atoms with Crippen LogP contribution in [0.15, 0.2) is 48.5 Å². The van der Waals surface area contributed by atoms with Crippen molar-refractivity contribution in [3.05, 3.63) is 71.3 Å². The molecule has 0 aromatic heterocycles.